The fraction of sp³-hybridized carbons (Fsp3) is 0.316. The topological polar surface area (TPSA) is 64.3 Å². The maximum atomic E-state index is 12.5. The largest absolute Gasteiger partial charge is 0.494 e. The van der Waals surface area contributed by atoms with Crippen molar-refractivity contribution in [2.75, 3.05) is 11.9 Å². The van der Waals surface area contributed by atoms with Crippen molar-refractivity contribution in [2.24, 2.45) is 5.73 Å². The molecule has 0 fully saturated rings. The average Bonchev–Trinajstić information content (AvgIpc) is 2.56. The maximum absolute atomic E-state index is 12.5. The summed E-state index contributed by atoms with van der Waals surface area (Å²) in [6.45, 7) is 4.50. The van der Waals surface area contributed by atoms with E-state index in [1.165, 1.54) is 0 Å². The summed E-state index contributed by atoms with van der Waals surface area (Å²) >= 11 is 0. The van der Waals surface area contributed by atoms with Crippen LogP contribution < -0.4 is 15.8 Å². The fourth-order valence-electron chi connectivity index (χ4n) is 2.17. The molecule has 3 N–H and O–H groups in total. The van der Waals surface area contributed by atoms with Gasteiger partial charge in [-0.15, -0.1) is 12.4 Å². The minimum atomic E-state index is -1.10. The standard InChI is InChI=1S/C19H24N2O2.ClH/c1-3-4-13-23-17-12-8-11-16(14-17)21-18(22)19(2,20)15-9-6-5-7-10-15;/h5-12,14H,3-4,13,20H2,1-2H3,(H,21,22);1H. The Hall–Kier alpha value is -2.04. The number of carbonyl (C=O) groups excluding carboxylic acids is 1. The van der Waals surface area contributed by atoms with Crippen molar-refractivity contribution in [3.05, 3.63) is 60.2 Å². The molecule has 5 heteroatoms. The summed E-state index contributed by atoms with van der Waals surface area (Å²) in [7, 11) is 0. The van der Waals surface area contributed by atoms with E-state index < -0.39 is 5.54 Å². The van der Waals surface area contributed by atoms with E-state index in [1.807, 2.05) is 54.6 Å². The third kappa shape index (κ3) is 5.25. The Labute approximate surface area is 149 Å². The molecule has 0 aliphatic rings. The molecule has 1 unspecified atom stereocenters. The molecule has 0 saturated heterocycles. The number of unbranched alkanes of at least 4 members (excludes halogenated alkanes) is 1. The van der Waals surface area contributed by atoms with Crippen LogP contribution in [0.15, 0.2) is 54.6 Å². The van der Waals surface area contributed by atoms with Crippen LogP contribution in [0.3, 0.4) is 0 Å². The quantitative estimate of drug-likeness (QED) is 0.740. The SMILES string of the molecule is CCCCOc1cccc(NC(=O)C(C)(N)c2ccccc2)c1.Cl. The third-order valence-corrected chi connectivity index (χ3v) is 3.70. The minimum absolute atomic E-state index is 0. The summed E-state index contributed by atoms with van der Waals surface area (Å²) in [6, 6.07) is 16.7. The lowest BCUT2D eigenvalue weighted by molar-refractivity contribution is -0.120. The van der Waals surface area contributed by atoms with Gasteiger partial charge in [-0.3, -0.25) is 4.79 Å². The third-order valence-electron chi connectivity index (χ3n) is 3.70. The van der Waals surface area contributed by atoms with Crippen LogP contribution in [-0.4, -0.2) is 12.5 Å². The van der Waals surface area contributed by atoms with E-state index in [0.29, 0.717) is 12.3 Å². The van der Waals surface area contributed by atoms with Crippen LogP contribution in [0, 0.1) is 0 Å². The molecule has 24 heavy (non-hydrogen) atoms. The Kier molecular flexibility index (Phi) is 7.75. The highest BCUT2D eigenvalue weighted by Gasteiger charge is 2.30. The van der Waals surface area contributed by atoms with Crippen molar-refractivity contribution in [1.82, 2.24) is 0 Å². The summed E-state index contributed by atoms with van der Waals surface area (Å²) in [5, 5.41) is 2.87. The van der Waals surface area contributed by atoms with Crippen molar-refractivity contribution in [2.45, 2.75) is 32.2 Å². The number of nitrogens with one attached hydrogen (secondary N) is 1. The number of nitrogens with two attached hydrogens (primary N) is 1. The molecule has 0 saturated carbocycles. The zero-order chi connectivity index (χ0) is 16.7. The second kappa shape index (κ2) is 9.30. The van der Waals surface area contributed by atoms with E-state index in [9.17, 15) is 4.79 Å². The van der Waals surface area contributed by atoms with E-state index >= 15 is 0 Å². The van der Waals surface area contributed by atoms with Gasteiger partial charge in [0.15, 0.2) is 0 Å². The Balaban J connectivity index is 0.00000288. The van der Waals surface area contributed by atoms with E-state index in [4.69, 9.17) is 10.5 Å². The second-order valence-corrected chi connectivity index (χ2v) is 5.75. The Morgan fingerprint density at radius 1 is 1.17 bits per heavy atom. The molecule has 4 nitrogen and oxygen atoms in total. The van der Waals surface area contributed by atoms with Gasteiger partial charge in [0, 0.05) is 11.8 Å². The van der Waals surface area contributed by atoms with Crippen molar-refractivity contribution in [3.8, 4) is 5.75 Å². The molecular formula is C19H25ClN2O2. The number of carbonyl (C=O) groups is 1. The molecule has 1 atom stereocenters. The van der Waals surface area contributed by atoms with Gasteiger partial charge in [0.2, 0.25) is 5.91 Å². The minimum Gasteiger partial charge on any atom is -0.494 e. The van der Waals surface area contributed by atoms with Gasteiger partial charge < -0.3 is 15.8 Å². The summed E-state index contributed by atoms with van der Waals surface area (Å²) in [5.74, 6) is 0.490. The molecule has 0 radical (unpaired) electrons. The fourth-order valence-corrected chi connectivity index (χ4v) is 2.17. The summed E-state index contributed by atoms with van der Waals surface area (Å²) in [4.78, 5) is 12.5. The van der Waals surface area contributed by atoms with Crippen molar-refractivity contribution in [3.63, 3.8) is 0 Å². The predicted octanol–water partition coefficient (Wildman–Crippen LogP) is 4.10. The first kappa shape index (κ1) is 20.0. The van der Waals surface area contributed by atoms with Gasteiger partial charge in [-0.25, -0.2) is 0 Å². The van der Waals surface area contributed by atoms with Crippen LogP contribution in [0.4, 0.5) is 5.69 Å². The predicted molar refractivity (Wildman–Crippen MR) is 101 cm³/mol. The van der Waals surface area contributed by atoms with Gasteiger partial charge in [-0.1, -0.05) is 49.7 Å². The van der Waals surface area contributed by atoms with Crippen LogP contribution in [0.2, 0.25) is 0 Å². The Morgan fingerprint density at radius 3 is 2.54 bits per heavy atom. The van der Waals surface area contributed by atoms with Crippen LogP contribution in [0.1, 0.15) is 32.3 Å². The number of hydrogen-bond acceptors (Lipinski definition) is 3. The number of amides is 1. The second-order valence-electron chi connectivity index (χ2n) is 5.75. The smallest absolute Gasteiger partial charge is 0.248 e. The first-order chi connectivity index (χ1) is 11.0. The molecule has 0 bridgehead atoms. The molecule has 130 valence electrons. The highest BCUT2D eigenvalue weighted by Crippen LogP contribution is 2.22. The number of anilines is 1. The molecule has 0 aliphatic heterocycles. The summed E-state index contributed by atoms with van der Waals surface area (Å²) in [5.41, 5.74) is 6.57. The molecule has 2 aromatic carbocycles. The molecular weight excluding hydrogens is 324 g/mol. The highest BCUT2D eigenvalue weighted by atomic mass is 35.5. The first-order valence-corrected chi connectivity index (χ1v) is 7.92. The lowest BCUT2D eigenvalue weighted by Crippen LogP contribution is -2.45. The molecule has 1 amide bonds. The number of rotatable bonds is 7. The van der Waals surface area contributed by atoms with Crippen LogP contribution in [0.5, 0.6) is 5.75 Å². The van der Waals surface area contributed by atoms with E-state index in [0.717, 1.165) is 24.2 Å². The highest BCUT2D eigenvalue weighted by molar-refractivity contribution is 5.98. The Morgan fingerprint density at radius 2 is 1.88 bits per heavy atom. The monoisotopic (exact) mass is 348 g/mol. The van der Waals surface area contributed by atoms with Crippen molar-refractivity contribution in [1.29, 1.82) is 0 Å². The molecule has 2 aromatic rings. The molecule has 2 rings (SSSR count). The maximum Gasteiger partial charge on any atom is 0.248 e. The van der Waals surface area contributed by atoms with Crippen molar-refractivity contribution < 1.29 is 9.53 Å². The summed E-state index contributed by atoms with van der Waals surface area (Å²) < 4.78 is 5.66. The lowest BCUT2D eigenvalue weighted by Gasteiger charge is -2.24. The molecule has 0 spiro atoms. The molecule has 0 aliphatic carbocycles. The average molecular weight is 349 g/mol. The van der Waals surface area contributed by atoms with Crippen molar-refractivity contribution >= 4 is 24.0 Å². The van der Waals surface area contributed by atoms with E-state index in [2.05, 4.69) is 12.2 Å². The van der Waals surface area contributed by atoms with Crippen LogP contribution in [-0.2, 0) is 10.3 Å². The lowest BCUT2D eigenvalue weighted by atomic mass is 9.92. The number of ether oxygens (including phenoxy) is 1. The van der Waals surface area contributed by atoms with Gasteiger partial charge >= 0.3 is 0 Å². The number of hydrogen-bond donors (Lipinski definition) is 2. The zero-order valence-corrected chi connectivity index (χ0v) is 14.9. The van der Waals surface area contributed by atoms with Gasteiger partial charge in [-0.2, -0.15) is 0 Å². The number of benzene rings is 2. The molecule has 0 aromatic heterocycles. The zero-order valence-electron chi connectivity index (χ0n) is 14.1. The van der Waals surface area contributed by atoms with Gasteiger partial charge in [-0.05, 0) is 31.0 Å². The normalized spacial score (nSPS) is 12.6. The number of halogens is 1. The molecule has 0 heterocycles. The van der Waals surface area contributed by atoms with E-state index in [1.54, 1.807) is 6.92 Å². The van der Waals surface area contributed by atoms with Gasteiger partial charge in [0.05, 0.1) is 6.61 Å². The first-order valence-electron chi connectivity index (χ1n) is 7.92. The Bertz CT molecular complexity index is 645. The van der Waals surface area contributed by atoms with E-state index in [-0.39, 0.29) is 18.3 Å². The van der Waals surface area contributed by atoms with Gasteiger partial charge in [0.1, 0.15) is 11.3 Å². The summed E-state index contributed by atoms with van der Waals surface area (Å²) in [6.07, 6.45) is 2.09. The van der Waals surface area contributed by atoms with Crippen LogP contribution in [0.25, 0.3) is 0 Å². The van der Waals surface area contributed by atoms with Crippen LogP contribution >= 0.6 is 12.4 Å². The van der Waals surface area contributed by atoms with Gasteiger partial charge in [0.25, 0.3) is 0 Å².